The normalized spacial score (nSPS) is 10.6. The van der Waals surface area contributed by atoms with Crippen molar-refractivity contribution in [3.8, 4) is 17.1 Å². The lowest BCUT2D eigenvalue weighted by atomic mass is 10.2. The van der Waals surface area contributed by atoms with E-state index in [-0.39, 0.29) is 5.28 Å². The van der Waals surface area contributed by atoms with Gasteiger partial charge in [0.1, 0.15) is 0 Å². The van der Waals surface area contributed by atoms with E-state index in [1.807, 2.05) is 42.5 Å². The Kier molecular flexibility index (Phi) is 3.23. The van der Waals surface area contributed by atoms with Crippen molar-refractivity contribution in [1.29, 1.82) is 0 Å². The van der Waals surface area contributed by atoms with Crippen LogP contribution in [-0.2, 0) is 0 Å². The molecule has 5 heteroatoms. The van der Waals surface area contributed by atoms with Gasteiger partial charge in [-0.2, -0.15) is 4.98 Å². The molecular formula is C14H9Cl2N3. The SMILES string of the molecule is Clc1ccc(-n2nc(Cl)nc2-c2ccccc2)cc1. The molecule has 0 atom stereocenters. The van der Waals surface area contributed by atoms with E-state index in [0.29, 0.717) is 10.8 Å². The first-order chi connectivity index (χ1) is 9.24. The fourth-order valence-electron chi connectivity index (χ4n) is 1.82. The van der Waals surface area contributed by atoms with Gasteiger partial charge < -0.3 is 0 Å². The second-order valence-electron chi connectivity index (χ2n) is 3.96. The molecule has 19 heavy (non-hydrogen) atoms. The molecule has 3 nitrogen and oxygen atoms in total. The summed E-state index contributed by atoms with van der Waals surface area (Å²) in [5, 5.41) is 5.11. The smallest absolute Gasteiger partial charge is 0.212 e. The van der Waals surface area contributed by atoms with Gasteiger partial charge in [-0.1, -0.05) is 41.9 Å². The lowest BCUT2D eigenvalue weighted by Gasteiger charge is -2.05. The van der Waals surface area contributed by atoms with Crippen molar-refractivity contribution in [1.82, 2.24) is 14.8 Å². The van der Waals surface area contributed by atoms with Gasteiger partial charge in [-0.15, -0.1) is 5.10 Å². The van der Waals surface area contributed by atoms with Crippen LogP contribution in [0.4, 0.5) is 0 Å². The quantitative estimate of drug-likeness (QED) is 0.706. The lowest BCUT2D eigenvalue weighted by Crippen LogP contribution is -1.99. The number of hydrogen-bond acceptors (Lipinski definition) is 2. The summed E-state index contributed by atoms with van der Waals surface area (Å²) in [5.74, 6) is 0.702. The highest BCUT2D eigenvalue weighted by atomic mass is 35.5. The van der Waals surface area contributed by atoms with Crippen molar-refractivity contribution < 1.29 is 0 Å². The van der Waals surface area contributed by atoms with E-state index in [4.69, 9.17) is 23.2 Å². The van der Waals surface area contributed by atoms with E-state index in [0.717, 1.165) is 11.3 Å². The Balaban J connectivity index is 2.15. The molecule has 3 rings (SSSR count). The van der Waals surface area contributed by atoms with Gasteiger partial charge in [0, 0.05) is 10.6 Å². The molecule has 0 unspecified atom stereocenters. The molecule has 0 radical (unpaired) electrons. The Morgan fingerprint density at radius 3 is 2.21 bits per heavy atom. The number of nitrogens with zero attached hydrogens (tertiary/aromatic N) is 3. The molecule has 0 amide bonds. The second kappa shape index (κ2) is 5.03. The molecule has 0 bridgehead atoms. The zero-order valence-corrected chi connectivity index (χ0v) is 11.3. The van der Waals surface area contributed by atoms with Crippen LogP contribution >= 0.6 is 23.2 Å². The monoisotopic (exact) mass is 289 g/mol. The summed E-state index contributed by atoms with van der Waals surface area (Å²) in [5.41, 5.74) is 1.82. The number of benzene rings is 2. The maximum absolute atomic E-state index is 5.93. The van der Waals surface area contributed by atoms with Gasteiger partial charge in [-0.3, -0.25) is 0 Å². The fraction of sp³-hybridized carbons (Fsp3) is 0. The average Bonchev–Trinajstić information content (AvgIpc) is 2.83. The zero-order chi connectivity index (χ0) is 13.2. The van der Waals surface area contributed by atoms with Gasteiger partial charge in [0.25, 0.3) is 0 Å². The van der Waals surface area contributed by atoms with E-state index in [1.165, 1.54) is 0 Å². The highest BCUT2D eigenvalue weighted by Gasteiger charge is 2.11. The van der Waals surface area contributed by atoms with Crippen LogP contribution in [0.1, 0.15) is 0 Å². The van der Waals surface area contributed by atoms with Crippen LogP contribution in [0.15, 0.2) is 54.6 Å². The topological polar surface area (TPSA) is 30.7 Å². The Hall–Kier alpha value is -1.84. The van der Waals surface area contributed by atoms with Gasteiger partial charge in [-0.05, 0) is 35.9 Å². The minimum Gasteiger partial charge on any atom is -0.212 e. The number of aromatic nitrogens is 3. The van der Waals surface area contributed by atoms with Crippen LogP contribution in [0.3, 0.4) is 0 Å². The Morgan fingerprint density at radius 1 is 0.842 bits per heavy atom. The number of rotatable bonds is 2. The van der Waals surface area contributed by atoms with Crippen molar-refractivity contribution in [2.75, 3.05) is 0 Å². The van der Waals surface area contributed by atoms with Crippen LogP contribution < -0.4 is 0 Å². The van der Waals surface area contributed by atoms with Crippen molar-refractivity contribution in [2.24, 2.45) is 0 Å². The van der Waals surface area contributed by atoms with Gasteiger partial charge in [-0.25, -0.2) is 4.68 Å². The standard InChI is InChI=1S/C14H9Cl2N3/c15-11-6-8-12(9-7-11)19-13(17-14(16)18-19)10-4-2-1-3-5-10/h1-9H. The molecule has 1 heterocycles. The van der Waals surface area contributed by atoms with Crippen molar-refractivity contribution >= 4 is 23.2 Å². The first kappa shape index (κ1) is 12.2. The van der Waals surface area contributed by atoms with E-state index in [9.17, 15) is 0 Å². The predicted molar refractivity (Wildman–Crippen MR) is 76.8 cm³/mol. The molecule has 94 valence electrons. The van der Waals surface area contributed by atoms with Crippen LogP contribution in [0.2, 0.25) is 10.3 Å². The van der Waals surface area contributed by atoms with Crippen molar-refractivity contribution in [2.45, 2.75) is 0 Å². The maximum Gasteiger partial charge on any atom is 0.243 e. The van der Waals surface area contributed by atoms with Crippen LogP contribution in [0.25, 0.3) is 17.1 Å². The zero-order valence-electron chi connectivity index (χ0n) is 9.79. The molecule has 2 aromatic carbocycles. The molecule has 0 aliphatic rings. The van der Waals surface area contributed by atoms with Gasteiger partial charge in [0.05, 0.1) is 5.69 Å². The largest absolute Gasteiger partial charge is 0.243 e. The third-order valence-corrected chi connectivity index (χ3v) is 3.10. The molecule has 0 fully saturated rings. The summed E-state index contributed by atoms with van der Waals surface area (Å²) in [4.78, 5) is 4.26. The van der Waals surface area contributed by atoms with Crippen molar-refractivity contribution in [3.05, 3.63) is 64.9 Å². The predicted octanol–water partition coefficient (Wildman–Crippen LogP) is 4.24. The summed E-state index contributed by atoms with van der Waals surface area (Å²) in [6.45, 7) is 0. The fourth-order valence-corrected chi connectivity index (χ4v) is 2.10. The second-order valence-corrected chi connectivity index (χ2v) is 4.73. The Morgan fingerprint density at radius 2 is 1.53 bits per heavy atom. The highest BCUT2D eigenvalue weighted by Crippen LogP contribution is 2.23. The molecule has 0 saturated heterocycles. The van der Waals surface area contributed by atoms with Crippen LogP contribution in [0.5, 0.6) is 0 Å². The third kappa shape index (κ3) is 2.48. The Labute approximate surface area is 120 Å². The summed E-state index contributed by atoms with van der Waals surface area (Å²) in [6, 6.07) is 17.1. The van der Waals surface area contributed by atoms with Gasteiger partial charge in [0.2, 0.25) is 5.28 Å². The van der Waals surface area contributed by atoms with Crippen LogP contribution in [-0.4, -0.2) is 14.8 Å². The van der Waals surface area contributed by atoms with E-state index < -0.39 is 0 Å². The van der Waals surface area contributed by atoms with E-state index in [2.05, 4.69) is 10.1 Å². The first-order valence-electron chi connectivity index (χ1n) is 5.68. The molecular weight excluding hydrogens is 281 g/mol. The van der Waals surface area contributed by atoms with E-state index in [1.54, 1.807) is 16.8 Å². The Bertz CT molecular complexity index is 690. The average molecular weight is 290 g/mol. The molecule has 0 aliphatic carbocycles. The molecule has 3 aromatic rings. The number of hydrogen-bond donors (Lipinski definition) is 0. The first-order valence-corrected chi connectivity index (χ1v) is 6.43. The molecule has 0 N–H and O–H groups in total. The van der Waals surface area contributed by atoms with Crippen LogP contribution in [0, 0.1) is 0 Å². The van der Waals surface area contributed by atoms with Crippen molar-refractivity contribution in [3.63, 3.8) is 0 Å². The number of halogens is 2. The van der Waals surface area contributed by atoms with E-state index >= 15 is 0 Å². The molecule has 0 saturated carbocycles. The third-order valence-electron chi connectivity index (χ3n) is 2.68. The summed E-state index contributed by atoms with van der Waals surface area (Å²) in [6.07, 6.45) is 0. The molecule has 0 spiro atoms. The molecule has 0 aliphatic heterocycles. The summed E-state index contributed by atoms with van der Waals surface area (Å²) < 4.78 is 1.70. The van der Waals surface area contributed by atoms with Gasteiger partial charge in [0.15, 0.2) is 5.82 Å². The molecule has 1 aromatic heterocycles. The summed E-state index contributed by atoms with van der Waals surface area (Å²) >= 11 is 11.8. The van der Waals surface area contributed by atoms with Gasteiger partial charge >= 0.3 is 0 Å². The highest BCUT2D eigenvalue weighted by molar-refractivity contribution is 6.30. The summed E-state index contributed by atoms with van der Waals surface area (Å²) in [7, 11) is 0. The maximum atomic E-state index is 5.93. The minimum atomic E-state index is 0.216. The lowest BCUT2D eigenvalue weighted by molar-refractivity contribution is 0.887. The minimum absolute atomic E-state index is 0.216.